The molecule has 2 heterocycles. The van der Waals surface area contributed by atoms with Gasteiger partial charge in [-0.05, 0) is 30.3 Å². The van der Waals surface area contributed by atoms with Crippen molar-refractivity contribution in [3.05, 3.63) is 58.3 Å². The highest BCUT2D eigenvalue weighted by molar-refractivity contribution is 7.99. The second kappa shape index (κ2) is 5.60. The lowest BCUT2D eigenvalue weighted by molar-refractivity contribution is 0.0685. The largest absolute Gasteiger partial charge is 0.476 e. The van der Waals surface area contributed by atoms with Crippen LogP contribution < -0.4 is 0 Å². The number of hydrogen-bond acceptors (Lipinski definition) is 3. The van der Waals surface area contributed by atoms with Gasteiger partial charge >= 0.3 is 5.97 Å². The average molecular weight is 339 g/mol. The third-order valence-electron chi connectivity index (χ3n) is 2.80. The summed E-state index contributed by atoms with van der Waals surface area (Å²) in [5.74, 6) is -1.05. The van der Waals surface area contributed by atoms with Crippen molar-refractivity contribution in [3.63, 3.8) is 0 Å². The molecule has 0 unspecified atom stereocenters. The molecule has 1 N–H and O–H groups in total. The molecule has 0 fully saturated rings. The molecule has 106 valence electrons. The number of hydrogen-bond donors (Lipinski definition) is 1. The predicted molar refractivity (Wildman–Crippen MR) is 82.7 cm³/mol. The Labute approximate surface area is 134 Å². The highest BCUT2D eigenvalue weighted by atomic mass is 35.5. The number of aromatic carboxylic acids is 1. The van der Waals surface area contributed by atoms with Crippen LogP contribution in [0.15, 0.2) is 52.5 Å². The minimum absolute atomic E-state index is 0.103. The number of benzene rings is 1. The minimum Gasteiger partial charge on any atom is -0.476 e. The van der Waals surface area contributed by atoms with Crippen LogP contribution in [0.1, 0.15) is 10.5 Å². The Bertz CT molecular complexity index is 848. The first-order valence-corrected chi connectivity index (χ1v) is 7.47. The predicted octanol–water partition coefficient (Wildman–Crippen LogP) is 4.49. The lowest BCUT2D eigenvalue weighted by Gasteiger charge is -2.03. The lowest BCUT2D eigenvalue weighted by atomic mass is 10.4. The monoisotopic (exact) mass is 338 g/mol. The average Bonchev–Trinajstić information content (AvgIpc) is 2.80. The topological polar surface area (TPSA) is 54.6 Å². The maximum absolute atomic E-state index is 11.5. The van der Waals surface area contributed by atoms with E-state index in [9.17, 15) is 9.90 Å². The molecule has 0 atom stereocenters. The third-order valence-corrected chi connectivity index (χ3v) is 4.51. The maximum atomic E-state index is 11.5. The lowest BCUT2D eigenvalue weighted by Crippen LogP contribution is -2.02. The fraction of sp³-hybridized carbons (Fsp3) is 0. The standard InChI is InChI=1S/C14H8Cl2N2O2S/c15-8-4-5-9(16)10(7-8)21-13-12(14(19)20)18-6-2-1-3-11(18)17-13/h1-7H,(H,19,20). The summed E-state index contributed by atoms with van der Waals surface area (Å²) in [6.45, 7) is 0. The van der Waals surface area contributed by atoms with Gasteiger partial charge in [-0.25, -0.2) is 9.78 Å². The molecule has 0 bridgehead atoms. The zero-order valence-electron chi connectivity index (χ0n) is 10.5. The van der Waals surface area contributed by atoms with E-state index in [1.807, 2.05) is 0 Å². The molecule has 0 amide bonds. The van der Waals surface area contributed by atoms with Crippen LogP contribution in [0.4, 0.5) is 0 Å². The van der Waals surface area contributed by atoms with Crippen LogP contribution in [0.5, 0.6) is 0 Å². The van der Waals surface area contributed by atoms with E-state index in [0.29, 0.717) is 25.6 Å². The second-order valence-electron chi connectivity index (χ2n) is 4.18. The SMILES string of the molecule is O=C(O)c1c(Sc2cc(Cl)ccc2Cl)nc2ccccn12. The van der Waals surface area contributed by atoms with E-state index in [1.54, 1.807) is 42.6 Å². The Morgan fingerprint density at radius 3 is 2.81 bits per heavy atom. The van der Waals surface area contributed by atoms with Crippen molar-refractivity contribution in [1.29, 1.82) is 0 Å². The fourth-order valence-electron chi connectivity index (χ4n) is 1.90. The van der Waals surface area contributed by atoms with Crippen LogP contribution in [0.2, 0.25) is 10.0 Å². The van der Waals surface area contributed by atoms with Gasteiger partial charge in [0.2, 0.25) is 0 Å². The maximum Gasteiger partial charge on any atom is 0.355 e. The molecule has 0 saturated heterocycles. The zero-order chi connectivity index (χ0) is 15.0. The summed E-state index contributed by atoms with van der Waals surface area (Å²) >= 11 is 13.2. The Balaban J connectivity index is 2.14. The van der Waals surface area contributed by atoms with Gasteiger partial charge in [0.25, 0.3) is 0 Å². The summed E-state index contributed by atoms with van der Waals surface area (Å²) in [4.78, 5) is 16.5. The summed E-state index contributed by atoms with van der Waals surface area (Å²) in [6, 6.07) is 10.3. The Morgan fingerprint density at radius 1 is 1.24 bits per heavy atom. The first kappa shape index (κ1) is 14.3. The summed E-state index contributed by atoms with van der Waals surface area (Å²) < 4.78 is 1.53. The van der Waals surface area contributed by atoms with Gasteiger partial charge in [0.1, 0.15) is 10.7 Å². The molecule has 0 aliphatic heterocycles. The van der Waals surface area contributed by atoms with Crippen molar-refractivity contribution < 1.29 is 9.90 Å². The van der Waals surface area contributed by atoms with Crippen molar-refractivity contribution >= 4 is 46.6 Å². The van der Waals surface area contributed by atoms with Gasteiger partial charge in [-0.1, -0.05) is 41.0 Å². The number of fused-ring (bicyclic) bond motifs is 1. The van der Waals surface area contributed by atoms with Gasteiger partial charge in [-0.15, -0.1) is 0 Å². The molecule has 1 aromatic carbocycles. The molecule has 0 saturated carbocycles. The smallest absolute Gasteiger partial charge is 0.355 e. The molecule has 3 aromatic rings. The van der Waals surface area contributed by atoms with Crippen molar-refractivity contribution in [2.75, 3.05) is 0 Å². The number of imidazole rings is 1. The summed E-state index contributed by atoms with van der Waals surface area (Å²) in [5, 5.41) is 10.8. The van der Waals surface area contributed by atoms with E-state index in [-0.39, 0.29) is 5.69 Å². The van der Waals surface area contributed by atoms with E-state index < -0.39 is 5.97 Å². The third kappa shape index (κ3) is 2.72. The Morgan fingerprint density at radius 2 is 2.05 bits per heavy atom. The number of carbonyl (C=O) groups is 1. The van der Waals surface area contributed by atoms with Crippen molar-refractivity contribution in [2.45, 2.75) is 9.92 Å². The van der Waals surface area contributed by atoms with E-state index in [4.69, 9.17) is 23.2 Å². The van der Waals surface area contributed by atoms with E-state index in [0.717, 1.165) is 0 Å². The number of carboxylic acid groups (broad SMARTS) is 1. The van der Waals surface area contributed by atoms with E-state index in [1.165, 1.54) is 16.2 Å². The number of carboxylic acids is 1. The van der Waals surface area contributed by atoms with Gasteiger partial charge in [-0.3, -0.25) is 4.40 Å². The van der Waals surface area contributed by atoms with Gasteiger partial charge in [0.05, 0.1) is 5.02 Å². The van der Waals surface area contributed by atoms with Gasteiger partial charge in [0.15, 0.2) is 5.69 Å². The highest BCUT2D eigenvalue weighted by Gasteiger charge is 2.20. The molecular weight excluding hydrogens is 331 g/mol. The first-order chi connectivity index (χ1) is 10.1. The first-order valence-electron chi connectivity index (χ1n) is 5.89. The second-order valence-corrected chi connectivity index (χ2v) is 6.05. The summed E-state index contributed by atoms with van der Waals surface area (Å²) in [6.07, 6.45) is 1.66. The summed E-state index contributed by atoms with van der Waals surface area (Å²) in [5.41, 5.74) is 0.669. The normalized spacial score (nSPS) is 11.0. The van der Waals surface area contributed by atoms with E-state index in [2.05, 4.69) is 4.98 Å². The number of rotatable bonds is 3. The van der Waals surface area contributed by atoms with Crippen molar-refractivity contribution in [2.24, 2.45) is 0 Å². The molecule has 0 spiro atoms. The van der Waals surface area contributed by atoms with Gasteiger partial charge in [0, 0.05) is 16.1 Å². The molecule has 0 aliphatic rings. The fourth-order valence-corrected chi connectivity index (χ4v) is 3.35. The minimum atomic E-state index is -1.05. The van der Waals surface area contributed by atoms with Crippen LogP contribution in [0.25, 0.3) is 5.65 Å². The molecule has 0 radical (unpaired) electrons. The quantitative estimate of drug-likeness (QED) is 0.764. The molecule has 4 nitrogen and oxygen atoms in total. The summed E-state index contributed by atoms with van der Waals surface area (Å²) in [7, 11) is 0. The molecule has 2 aromatic heterocycles. The number of pyridine rings is 1. The van der Waals surface area contributed by atoms with Crippen LogP contribution in [-0.2, 0) is 0 Å². The van der Waals surface area contributed by atoms with Crippen LogP contribution in [-0.4, -0.2) is 20.5 Å². The van der Waals surface area contributed by atoms with Crippen molar-refractivity contribution in [3.8, 4) is 0 Å². The molecule has 7 heteroatoms. The zero-order valence-corrected chi connectivity index (χ0v) is 12.8. The van der Waals surface area contributed by atoms with Gasteiger partial charge in [-0.2, -0.15) is 0 Å². The van der Waals surface area contributed by atoms with Crippen LogP contribution >= 0.6 is 35.0 Å². The Hall–Kier alpha value is -1.69. The van der Waals surface area contributed by atoms with Crippen molar-refractivity contribution in [1.82, 2.24) is 9.38 Å². The van der Waals surface area contributed by atoms with Crippen LogP contribution in [0, 0.1) is 0 Å². The Kier molecular flexibility index (Phi) is 3.80. The highest BCUT2D eigenvalue weighted by Crippen LogP contribution is 2.36. The van der Waals surface area contributed by atoms with Crippen LogP contribution in [0.3, 0.4) is 0 Å². The molecule has 3 rings (SSSR count). The van der Waals surface area contributed by atoms with E-state index >= 15 is 0 Å². The number of aromatic nitrogens is 2. The number of halogens is 2. The molecule has 21 heavy (non-hydrogen) atoms. The number of nitrogens with zero attached hydrogens (tertiary/aromatic N) is 2. The molecule has 0 aliphatic carbocycles. The van der Waals surface area contributed by atoms with Gasteiger partial charge < -0.3 is 5.11 Å². The molecular formula is C14H8Cl2N2O2S.